The molecule has 0 nitrogen and oxygen atoms in total. The Bertz CT molecular complexity index is 292. The Hall–Kier alpha value is -0.260. The highest BCUT2D eigenvalue weighted by Crippen LogP contribution is 2.25. The van der Waals surface area contributed by atoms with Crippen molar-refractivity contribution in [2.24, 2.45) is 11.8 Å². The van der Waals surface area contributed by atoms with Crippen LogP contribution in [0.5, 0.6) is 0 Å². The topological polar surface area (TPSA) is 0 Å². The fraction of sp³-hybridized carbons (Fsp3) is 0.929. The highest BCUT2D eigenvalue weighted by Gasteiger charge is 2.10. The molecule has 0 radical (unpaired) electrons. The zero-order valence-electron chi connectivity index (χ0n) is 20.3. The molecule has 0 saturated heterocycles. The normalized spacial score (nSPS) is 13.5. The molecular weight excluding hydrogens is 336 g/mol. The van der Waals surface area contributed by atoms with Gasteiger partial charge in [-0.3, -0.25) is 0 Å². The predicted molar refractivity (Wildman–Crippen MR) is 131 cm³/mol. The predicted octanol–water partition coefficient (Wildman–Crippen LogP) is 10.7. The van der Waals surface area contributed by atoms with Gasteiger partial charge in [-0.25, -0.2) is 0 Å². The highest BCUT2D eigenvalue weighted by molar-refractivity contribution is 4.65. The van der Waals surface area contributed by atoms with Crippen LogP contribution >= 0.6 is 0 Å². The van der Waals surface area contributed by atoms with Gasteiger partial charge in [0.1, 0.15) is 0 Å². The molecule has 0 aromatic heterocycles. The summed E-state index contributed by atoms with van der Waals surface area (Å²) in [5, 5.41) is 0. The first-order valence-electron chi connectivity index (χ1n) is 13.4. The first-order valence-corrected chi connectivity index (χ1v) is 13.4. The van der Waals surface area contributed by atoms with E-state index in [4.69, 9.17) is 0 Å². The van der Waals surface area contributed by atoms with Crippen LogP contribution in [0.4, 0.5) is 0 Å². The molecular formula is C28H56. The molecule has 0 aliphatic heterocycles. The second-order valence-electron chi connectivity index (χ2n) is 9.38. The van der Waals surface area contributed by atoms with Gasteiger partial charge in [-0.05, 0) is 24.7 Å². The van der Waals surface area contributed by atoms with Crippen molar-refractivity contribution in [1.29, 1.82) is 0 Å². The van der Waals surface area contributed by atoms with E-state index in [0.717, 1.165) is 11.8 Å². The van der Waals surface area contributed by atoms with Crippen molar-refractivity contribution in [1.82, 2.24) is 0 Å². The molecule has 0 aromatic carbocycles. The molecule has 0 fully saturated rings. The van der Waals surface area contributed by atoms with Gasteiger partial charge in [-0.15, -0.1) is 6.58 Å². The summed E-state index contributed by atoms with van der Waals surface area (Å²) < 4.78 is 0. The van der Waals surface area contributed by atoms with E-state index in [2.05, 4.69) is 33.4 Å². The van der Waals surface area contributed by atoms with Crippen molar-refractivity contribution in [2.75, 3.05) is 0 Å². The van der Waals surface area contributed by atoms with Gasteiger partial charge in [0.2, 0.25) is 0 Å². The average Bonchev–Trinajstić information content (AvgIpc) is 2.72. The number of hydrogen-bond donors (Lipinski definition) is 0. The summed E-state index contributed by atoms with van der Waals surface area (Å²) in [7, 11) is 0. The lowest BCUT2D eigenvalue weighted by Crippen LogP contribution is -2.03. The van der Waals surface area contributed by atoms with Gasteiger partial charge in [0.05, 0.1) is 0 Å². The molecule has 0 amide bonds. The van der Waals surface area contributed by atoms with Gasteiger partial charge in [0, 0.05) is 0 Å². The van der Waals surface area contributed by atoms with Crippen LogP contribution in [0, 0.1) is 11.8 Å². The molecule has 0 aliphatic rings. The molecule has 0 heterocycles. The molecule has 0 spiro atoms. The van der Waals surface area contributed by atoms with E-state index >= 15 is 0 Å². The van der Waals surface area contributed by atoms with E-state index < -0.39 is 0 Å². The first-order chi connectivity index (χ1) is 13.8. The number of hydrogen-bond acceptors (Lipinski definition) is 0. The Labute approximate surface area is 180 Å². The maximum absolute atomic E-state index is 3.80. The summed E-state index contributed by atoms with van der Waals surface area (Å²) in [5.74, 6) is 2.01. The third-order valence-corrected chi connectivity index (χ3v) is 6.87. The zero-order chi connectivity index (χ0) is 20.7. The lowest BCUT2D eigenvalue weighted by Gasteiger charge is -2.18. The lowest BCUT2D eigenvalue weighted by molar-refractivity contribution is 0.351. The smallest absolute Gasteiger partial charge is 0.0353 e. The third kappa shape index (κ3) is 19.1. The van der Waals surface area contributed by atoms with Crippen molar-refractivity contribution in [3.8, 4) is 0 Å². The molecule has 168 valence electrons. The van der Waals surface area contributed by atoms with Crippen LogP contribution in [0.15, 0.2) is 12.7 Å². The van der Waals surface area contributed by atoms with Crippen LogP contribution in [0.1, 0.15) is 156 Å². The molecule has 0 aliphatic carbocycles. The highest BCUT2D eigenvalue weighted by atomic mass is 14.2. The number of allylic oxidation sites excluding steroid dienone is 1. The Kier molecular flexibility index (Phi) is 22.8. The maximum Gasteiger partial charge on any atom is -0.0353 e. The molecule has 0 aromatic rings. The van der Waals surface area contributed by atoms with Gasteiger partial charge in [-0.2, -0.15) is 0 Å². The molecule has 0 heteroatoms. The Morgan fingerprint density at radius 1 is 0.500 bits per heavy atom. The second kappa shape index (κ2) is 23.0. The number of unbranched alkanes of at least 4 members (excludes halogenated alkanes) is 12. The van der Waals surface area contributed by atoms with E-state index in [9.17, 15) is 0 Å². The van der Waals surface area contributed by atoms with Gasteiger partial charge in [0.25, 0.3) is 0 Å². The number of rotatable bonds is 23. The van der Waals surface area contributed by atoms with Crippen molar-refractivity contribution in [3.63, 3.8) is 0 Å². The van der Waals surface area contributed by atoms with Gasteiger partial charge < -0.3 is 0 Å². The first kappa shape index (κ1) is 27.7. The Morgan fingerprint density at radius 3 is 1.32 bits per heavy atom. The Morgan fingerprint density at radius 2 is 0.893 bits per heavy atom. The van der Waals surface area contributed by atoms with Gasteiger partial charge in [-0.1, -0.05) is 149 Å². The van der Waals surface area contributed by atoms with Crippen LogP contribution in [0.3, 0.4) is 0 Å². The minimum atomic E-state index is 1.00. The van der Waals surface area contributed by atoms with Crippen LogP contribution in [-0.4, -0.2) is 0 Å². The van der Waals surface area contributed by atoms with Crippen molar-refractivity contribution < 1.29 is 0 Å². The minimum Gasteiger partial charge on any atom is -0.103 e. The molecule has 28 heavy (non-hydrogen) atoms. The zero-order valence-corrected chi connectivity index (χ0v) is 20.3. The van der Waals surface area contributed by atoms with E-state index in [-0.39, 0.29) is 0 Å². The standard InChI is InChI=1S/C28H56/c1-5-9-11-12-13-14-15-16-17-18-19-21-24-28(8-4)26-22-25-27(7-3)23-20-10-6-2/h5,27-28H,1,6-26H2,2-4H3. The van der Waals surface area contributed by atoms with Crippen LogP contribution in [0.2, 0.25) is 0 Å². The third-order valence-electron chi connectivity index (χ3n) is 6.87. The molecule has 0 saturated carbocycles. The van der Waals surface area contributed by atoms with Crippen LogP contribution < -0.4 is 0 Å². The maximum atomic E-state index is 3.80. The average molecular weight is 393 g/mol. The second-order valence-corrected chi connectivity index (χ2v) is 9.38. The largest absolute Gasteiger partial charge is 0.103 e. The fourth-order valence-corrected chi connectivity index (χ4v) is 4.62. The van der Waals surface area contributed by atoms with E-state index in [1.807, 2.05) is 0 Å². The monoisotopic (exact) mass is 392 g/mol. The van der Waals surface area contributed by atoms with E-state index in [1.54, 1.807) is 0 Å². The molecule has 0 rings (SSSR count). The SMILES string of the molecule is C=CCCCCCCCCCCCCC(CC)CCCC(CC)CCCCC. The van der Waals surface area contributed by atoms with Crippen molar-refractivity contribution in [2.45, 2.75) is 156 Å². The Balaban J connectivity index is 3.49. The summed E-state index contributed by atoms with van der Waals surface area (Å²) in [6.45, 7) is 10.9. The van der Waals surface area contributed by atoms with E-state index in [0.29, 0.717) is 0 Å². The van der Waals surface area contributed by atoms with Crippen LogP contribution in [0.25, 0.3) is 0 Å². The fourth-order valence-electron chi connectivity index (χ4n) is 4.62. The minimum absolute atomic E-state index is 1.00. The van der Waals surface area contributed by atoms with Crippen LogP contribution in [-0.2, 0) is 0 Å². The summed E-state index contributed by atoms with van der Waals surface area (Å²) in [5.41, 5.74) is 0. The summed E-state index contributed by atoms with van der Waals surface area (Å²) in [6, 6.07) is 0. The van der Waals surface area contributed by atoms with Crippen molar-refractivity contribution in [3.05, 3.63) is 12.7 Å². The lowest BCUT2D eigenvalue weighted by atomic mass is 9.88. The molecule has 0 bridgehead atoms. The summed E-state index contributed by atoms with van der Waals surface area (Å²) >= 11 is 0. The molecule has 2 unspecified atom stereocenters. The molecule has 2 atom stereocenters. The van der Waals surface area contributed by atoms with Gasteiger partial charge >= 0.3 is 0 Å². The summed E-state index contributed by atoms with van der Waals surface area (Å²) in [4.78, 5) is 0. The quantitative estimate of drug-likeness (QED) is 0.120. The summed E-state index contributed by atoms with van der Waals surface area (Å²) in [6.07, 6.45) is 32.2. The van der Waals surface area contributed by atoms with Crippen molar-refractivity contribution >= 4 is 0 Å². The van der Waals surface area contributed by atoms with E-state index in [1.165, 1.54) is 135 Å². The van der Waals surface area contributed by atoms with Gasteiger partial charge in [0.15, 0.2) is 0 Å². The molecule has 0 N–H and O–H groups in total.